The van der Waals surface area contributed by atoms with E-state index in [4.69, 9.17) is 11.6 Å². The average Bonchev–Trinajstić information content (AvgIpc) is 3.04. The van der Waals surface area contributed by atoms with Crippen molar-refractivity contribution in [1.82, 2.24) is 10.0 Å². The molecule has 1 saturated carbocycles. The molecular formula is C25H25ClN2O4. The molecule has 1 heterocycles. The summed E-state index contributed by atoms with van der Waals surface area (Å²) in [5.41, 5.74) is 0.521. The highest BCUT2D eigenvalue weighted by atomic mass is 35.5. The number of hydrogen-bond donors (Lipinski definition) is 0. The molecule has 2 fully saturated rings. The maximum atomic E-state index is 13.6. The molecule has 0 aromatic heterocycles. The van der Waals surface area contributed by atoms with Crippen molar-refractivity contribution in [2.45, 2.75) is 39.2 Å². The first kappa shape index (κ1) is 22.2. The number of hydrogen-bond acceptors (Lipinski definition) is 4. The fraction of sp³-hybridized carbons (Fsp3) is 0.360. The first-order valence-corrected chi connectivity index (χ1v) is 11.2. The van der Waals surface area contributed by atoms with Gasteiger partial charge in [0, 0.05) is 5.56 Å². The van der Waals surface area contributed by atoms with Gasteiger partial charge < -0.3 is 0 Å². The molecule has 2 aliphatic rings. The van der Waals surface area contributed by atoms with Gasteiger partial charge in [0.05, 0.1) is 22.4 Å². The van der Waals surface area contributed by atoms with Gasteiger partial charge in [0.1, 0.15) is 6.04 Å². The van der Waals surface area contributed by atoms with Crippen LogP contribution in [0.25, 0.3) is 0 Å². The molecule has 32 heavy (non-hydrogen) atoms. The van der Waals surface area contributed by atoms with Crippen molar-refractivity contribution in [1.29, 1.82) is 0 Å². The van der Waals surface area contributed by atoms with E-state index in [1.165, 1.54) is 13.0 Å². The second kappa shape index (κ2) is 8.87. The Labute approximate surface area is 192 Å². The number of imide groups is 1. The Morgan fingerprint density at radius 3 is 2.28 bits per heavy atom. The lowest BCUT2D eigenvalue weighted by Crippen LogP contribution is -2.56. The minimum Gasteiger partial charge on any atom is -0.292 e. The number of nitrogens with zero attached hydrogens (tertiary/aromatic N) is 2. The molecule has 6 nitrogen and oxygen atoms in total. The molecular weight excluding hydrogens is 428 g/mol. The molecule has 1 saturated heterocycles. The van der Waals surface area contributed by atoms with Gasteiger partial charge in [-0.25, -0.2) is 5.01 Å². The fourth-order valence-corrected chi connectivity index (χ4v) is 4.95. The van der Waals surface area contributed by atoms with E-state index in [0.29, 0.717) is 24.3 Å². The van der Waals surface area contributed by atoms with E-state index in [1.807, 2.05) is 0 Å². The van der Waals surface area contributed by atoms with Crippen LogP contribution in [-0.4, -0.2) is 39.6 Å². The van der Waals surface area contributed by atoms with Gasteiger partial charge in [0.25, 0.3) is 17.7 Å². The van der Waals surface area contributed by atoms with Gasteiger partial charge in [-0.2, -0.15) is 5.01 Å². The first-order valence-electron chi connectivity index (χ1n) is 10.9. The van der Waals surface area contributed by atoms with Crippen molar-refractivity contribution in [3.63, 3.8) is 0 Å². The summed E-state index contributed by atoms with van der Waals surface area (Å²) in [7, 11) is 0. The summed E-state index contributed by atoms with van der Waals surface area (Å²) in [6.45, 7) is 3.60. The van der Waals surface area contributed by atoms with Gasteiger partial charge >= 0.3 is 0 Å². The van der Waals surface area contributed by atoms with Crippen LogP contribution in [0.3, 0.4) is 0 Å². The van der Waals surface area contributed by atoms with Gasteiger partial charge in [0.2, 0.25) is 0 Å². The Morgan fingerprint density at radius 2 is 1.59 bits per heavy atom. The third-order valence-corrected chi connectivity index (χ3v) is 6.83. The largest absolute Gasteiger partial charge is 0.292 e. The lowest BCUT2D eigenvalue weighted by Gasteiger charge is -2.35. The second-order valence-electron chi connectivity index (χ2n) is 8.66. The third-order valence-electron chi connectivity index (χ3n) is 6.50. The molecule has 166 valence electrons. The highest BCUT2D eigenvalue weighted by Crippen LogP contribution is 2.41. The summed E-state index contributed by atoms with van der Waals surface area (Å²) in [5, 5.41) is 2.13. The molecule has 2 aromatic rings. The number of rotatable bonds is 5. The Bertz CT molecular complexity index is 1070. The number of amides is 3. The van der Waals surface area contributed by atoms with Gasteiger partial charge in [-0.1, -0.05) is 61.0 Å². The molecule has 0 spiro atoms. The number of fused-ring (bicyclic) bond motifs is 1. The molecule has 2 aromatic carbocycles. The van der Waals surface area contributed by atoms with E-state index in [2.05, 4.69) is 6.92 Å². The zero-order valence-electron chi connectivity index (χ0n) is 18.0. The predicted molar refractivity (Wildman–Crippen MR) is 120 cm³/mol. The molecule has 1 aliphatic carbocycles. The summed E-state index contributed by atoms with van der Waals surface area (Å²) in [6.07, 6.45) is 2.05. The standard InChI is InChI=1S/C25H25ClN2O4/c1-15-12-13-18-20(14-15)25(32)28(23(18)30)27(24(31)19-10-6-7-11-21(19)26)16(2)22(29)17-8-4-3-5-9-17/h3-11,15-16,18,20H,12-14H2,1-2H3/t15-,16-,18+,20-/m1/s1. The van der Waals surface area contributed by atoms with E-state index < -0.39 is 35.6 Å². The van der Waals surface area contributed by atoms with Crippen LogP contribution < -0.4 is 0 Å². The van der Waals surface area contributed by atoms with Crippen LogP contribution >= 0.6 is 11.6 Å². The summed E-state index contributed by atoms with van der Waals surface area (Å²) in [4.78, 5) is 53.6. The van der Waals surface area contributed by atoms with Crippen molar-refractivity contribution >= 4 is 35.1 Å². The van der Waals surface area contributed by atoms with Crippen LogP contribution in [0.15, 0.2) is 54.6 Å². The third kappa shape index (κ3) is 3.84. The fourth-order valence-electron chi connectivity index (χ4n) is 4.74. The number of Topliss-reactive ketones (excluding diaryl/α,β-unsaturated/α-hetero) is 1. The maximum absolute atomic E-state index is 13.6. The Hall–Kier alpha value is -2.99. The number of carbonyl (C=O) groups is 4. The Morgan fingerprint density at radius 1 is 0.969 bits per heavy atom. The van der Waals surface area contributed by atoms with E-state index in [-0.39, 0.29) is 16.4 Å². The van der Waals surface area contributed by atoms with Gasteiger partial charge in [-0.15, -0.1) is 0 Å². The van der Waals surface area contributed by atoms with Crippen molar-refractivity contribution in [2.24, 2.45) is 17.8 Å². The lowest BCUT2D eigenvalue weighted by atomic mass is 9.76. The van der Waals surface area contributed by atoms with E-state index >= 15 is 0 Å². The SMILES string of the molecule is C[C@@H]1CC[C@@H]2C(=O)N(N(C(=O)c3ccccc3Cl)[C@H](C)C(=O)c3ccccc3)C(=O)[C@@H]2C1. The van der Waals surface area contributed by atoms with Crippen LogP contribution in [0.4, 0.5) is 0 Å². The molecule has 1 aliphatic heterocycles. The van der Waals surface area contributed by atoms with Crippen LogP contribution in [0, 0.1) is 17.8 Å². The number of hydrazine groups is 1. The zero-order chi connectivity index (χ0) is 23.0. The van der Waals surface area contributed by atoms with Crippen LogP contribution in [-0.2, 0) is 9.59 Å². The lowest BCUT2D eigenvalue weighted by molar-refractivity contribution is -0.156. The van der Waals surface area contributed by atoms with Crippen LogP contribution in [0.2, 0.25) is 5.02 Å². The Balaban J connectivity index is 1.76. The summed E-state index contributed by atoms with van der Waals surface area (Å²) >= 11 is 6.26. The van der Waals surface area contributed by atoms with E-state index in [1.54, 1.807) is 48.5 Å². The minimum absolute atomic E-state index is 0.130. The molecule has 0 unspecified atom stereocenters. The van der Waals surface area contributed by atoms with Crippen molar-refractivity contribution < 1.29 is 19.2 Å². The monoisotopic (exact) mass is 452 g/mol. The predicted octanol–water partition coefficient (Wildman–Crippen LogP) is 4.39. The maximum Gasteiger partial charge on any atom is 0.275 e. The first-order chi connectivity index (χ1) is 15.3. The summed E-state index contributed by atoms with van der Waals surface area (Å²) in [6, 6.07) is 13.9. The molecule has 4 atom stereocenters. The number of carbonyl (C=O) groups excluding carboxylic acids is 4. The topological polar surface area (TPSA) is 74.8 Å². The molecule has 4 rings (SSSR count). The number of halogens is 1. The Kier molecular flexibility index (Phi) is 6.15. The van der Waals surface area contributed by atoms with Crippen LogP contribution in [0.1, 0.15) is 53.8 Å². The van der Waals surface area contributed by atoms with Crippen molar-refractivity contribution in [3.8, 4) is 0 Å². The second-order valence-corrected chi connectivity index (χ2v) is 9.06. The molecule has 0 N–H and O–H groups in total. The molecule has 7 heteroatoms. The molecule has 0 bridgehead atoms. The number of benzene rings is 2. The van der Waals surface area contributed by atoms with Gasteiger partial charge in [-0.3, -0.25) is 19.2 Å². The van der Waals surface area contributed by atoms with Crippen LogP contribution in [0.5, 0.6) is 0 Å². The quantitative estimate of drug-likeness (QED) is 0.498. The molecule has 3 amide bonds. The normalized spacial score (nSPS) is 23.6. The molecule has 0 radical (unpaired) electrons. The van der Waals surface area contributed by atoms with Crippen molar-refractivity contribution in [3.05, 3.63) is 70.7 Å². The smallest absolute Gasteiger partial charge is 0.275 e. The van der Waals surface area contributed by atoms with Crippen molar-refractivity contribution in [2.75, 3.05) is 0 Å². The summed E-state index contributed by atoms with van der Waals surface area (Å²) < 4.78 is 0. The zero-order valence-corrected chi connectivity index (χ0v) is 18.8. The number of ketones is 1. The highest BCUT2D eigenvalue weighted by Gasteiger charge is 2.54. The average molecular weight is 453 g/mol. The van der Waals surface area contributed by atoms with Gasteiger partial charge in [0.15, 0.2) is 5.78 Å². The van der Waals surface area contributed by atoms with E-state index in [9.17, 15) is 19.2 Å². The highest BCUT2D eigenvalue weighted by molar-refractivity contribution is 6.34. The minimum atomic E-state index is -1.08. The van der Waals surface area contributed by atoms with E-state index in [0.717, 1.165) is 16.4 Å². The summed E-state index contributed by atoms with van der Waals surface area (Å²) in [5.74, 6) is -2.45. The van der Waals surface area contributed by atoms with Gasteiger partial charge in [-0.05, 0) is 44.2 Å².